The number of hydrogen-bond acceptors (Lipinski definition) is 6. The van der Waals surface area contributed by atoms with Gasteiger partial charge < -0.3 is 18.9 Å². The van der Waals surface area contributed by atoms with Gasteiger partial charge in [-0.15, -0.1) is 12.6 Å². The van der Waals surface area contributed by atoms with E-state index in [1.807, 2.05) is 26.8 Å². The van der Waals surface area contributed by atoms with Crippen molar-refractivity contribution in [1.82, 2.24) is 9.80 Å². The number of nitrogens with zero attached hydrogens (tertiary/aromatic N) is 2. The van der Waals surface area contributed by atoms with Crippen LogP contribution in [0, 0.1) is 6.92 Å². The molecule has 2 fully saturated rings. The van der Waals surface area contributed by atoms with Crippen LogP contribution in [0.4, 0.5) is 4.79 Å². The van der Waals surface area contributed by atoms with Gasteiger partial charge in [0.2, 0.25) is 0 Å². The monoisotopic (exact) mass is 448 g/mol. The zero-order valence-corrected chi connectivity index (χ0v) is 21.1. The van der Waals surface area contributed by atoms with Crippen molar-refractivity contribution in [3.05, 3.63) is 23.3 Å². The Labute approximate surface area is 193 Å². The van der Waals surface area contributed by atoms with Crippen molar-refractivity contribution in [3.8, 4) is 0 Å². The van der Waals surface area contributed by atoms with Crippen LogP contribution in [-0.2, 0) is 20.6 Å². The summed E-state index contributed by atoms with van der Waals surface area (Å²) in [7, 11) is -0.403. The van der Waals surface area contributed by atoms with Crippen molar-refractivity contribution < 1.29 is 18.8 Å². The second-order valence-corrected chi connectivity index (χ2v) is 11.1. The second-order valence-electron chi connectivity index (χ2n) is 10.7. The average molecular weight is 448 g/mol. The second kappa shape index (κ2) is 8.62. The molecule has 3 rings (SSSR count). The molecule has 1 amide bonds. The molecule has 172 valence electrons. The summed E-state index contributed by atoms with van der Waals surface area (Å²) < 4.78 is 18.0. The van der Waals surface area contributed by atoms with Crippen molar-refractivity contribution in [2.45, 2.75) is 83.6 Å². The van der Waals surface area contributed by atoms with Gasteiger partial charge >= 0.3 is 13.2 Å². The number of carbonyl (C=O) groups excluding carboxylic acids is 1. The molecule has 1 aromatic rings. The Kier molecular flexibility index (Phi) is 6.79. The Hall–Kier alpha value is -1.22. The molecule has 0 bridgehead atoms. The molecule has 0 unspecified atom stereocenters. The Bertz CT molecular complexity index is 814. The van der Waals surface area contributed by atoms with E-state index in [1.54, 1.807) is 4.90 Å². The fourth-order valence-corrected chi connectivity index (χ4v) is 4.01. The zero-order valence-electron chi connectivity index (χ0n) is 20.2. The van der Waals surface area contributed by atoms with Gasteiger partial charge in [-0.25, -0.2) is 4.79 Å². The first-order chi connectivity index (χ1) is 14.2. The normalized spacial score (nSPS) is 21.5. The van der Waals surface area contributed by atoms with Crippen LogP contribution in [0.1, 0.15) is 59.6 Å². The third-order valence-electron chi connectivity index (χ3n) is 6.45. The Morgan fingerprint density at radius 2 is 1.65 bits per heavy atom. The number of carbonyl (C=O) groups is 1. The van der Waals surface area contributed by atoms with Crippen LogP contribution in [0.5, 0.6) is 0 Å². The fraction of sp³-hybridized carbons (Fsp3) is 0.696. The minimum atomic E-state index is -0.470. The highest BCUT2D eigenvalue weighted by molar-refractivity contribution is 7.80. The third-order valence-corrected chi connectivity index (χ3v) is 6.92. The molecular weight excluding hydrogens is 411 g/mol. The number of rotatable bonds is 3. The van der Waals surface area contributed by atoms with E-state index in [2.05, 4.69) is 45.6 Å². The largest absolute Gasteiger partial charge is 0.494 e. The van der Waals surface area contributed by atoms with E-state index in [0.29, 0.717) is 13.1 Å². The summed E-state index contributed by atoms with van der Waals surface area (Å²) in [5.74, 6) is 0. The lowest BCUT2D eigenvalue weighted by Crippen LogP contribution is -2.49. The Balaban J connectivity index is 1.67. The number of thiol groups is 1. The molecule has 0 saturated carbocycles. The summed E-state index contributed by atoms with van der Waals surface area (Å²) in [6.45, 7) is 19.8. The van der Waals surface area contributed by atoms with E-state index >= 15 is 0 Å². The smallest absolute Gasteiger partial charge is 0.444 e. The van der Waals surface area contributed by atoms with Crippen molar-refractivity contribution in [1.29, 1.82) is 0 Å². The summed E-state index contributed by atoms with van der Waals surface area (Å²) in [5.41, 5.74) is 2.15. The van der Waals surface area contributed by atoms with Gasteiger partial charge in [-0.1, -0.05) is 6.07 Å². The summed E-state index contributed by atoms with van der Waals surface area (Å²) >= 11 is 4.72. The van der Waals surface area contributed by atoms with Crippen LogP contribution in [0.25, 0.3) is 0 Å². The quantitative estimate of drug-likeness (QED) is 0.566. The molecule has 31 heavy (non-hydrogen) atoms. The molecule has 2 aliphatic heterocycles. The van der Waals surface area contributed by atoms with Crippen molar-refractivity contribution in [2.24, 2.45) is 0 Å². The summed E-state index contributed by atoms with van der Waals surface area (Å²) in [5, 5.41) is 0. The Morgan fingerprint density at radius 3 is 2.16 bits per heavy atom. The maximum Gasteiger partial charge on any atom is 0.494 e. The van der Waals surface area contributed by atoms with E-state index in [-0.39, 0.29) is 17.3 Å². The topological polar surface area (TPSA) is 51.2 Å². The molecule has 0 N–H and O–H groups in total. The van der Waals surface area contributed by atoms with Gasteiger partial charge in [0, 0.05) is 37.6 Å². The molecule has 0 aliphatic carbocycles. The molecule has 2 heterocycles. The zero-order chi connectivity index (χ0) is 23.2. The van der Waals surface area contributed by atoms with Crippen LogP contribution in [0.2, 0.25) is 0 Å². The predicted octanol–water partition coefficient (Wildman–Crippen LogP) is 3.64. The maximum atomic E-state index is 12.3. The standard InChI is InChI=1S/C23H37BN2O4S/c1-16-17(15-25-9-11-26(12-10-25)20(27)28-21(2,3)4)13-18(14-19(16)31)24-29-22(5,6)23(7,8)30-24/h13-14,31H,9-12,15H2,1-8H3. The summed E-state index contributed by atoms with van der Waals surface area (Å²) in [6.07, 6.45) is -0.233. The van der Waals surface area contributed by atoms with E-state index in [0.717, 1.165) is 35.6 Å². The van der Waals surface area contributed by atoms with Gasteiger partial charge in [0.15, 0.2) is 0 Å². The number of hydrogen-bond donors (Lipinski definition) is 1. The van der Waals surface area contributed by atoms with E-state index in [9.17, 15) is 4.79 Å². The average Bonchev–Trinajstić information content (AvgIpc) is 2.85. The van der Waals surface area contributed by atoms with Gasteiger partial charge in [-0.2, -0.15) is 0 Å². The molecule has 1 aromatic carbocycles. The molecule has 8 heteroatoms. The van der Waals surface area contributed by atoms with Crippen molar-refractivity contribution in [3.63, 3.8) is 0 Å². The van der Waals surface area contributed by atoms with Gasteiger partial charge in [0.05, 0.1) is 11.2 Å². The van der Waals surface area contributed by atoms with Crippen LogP contribution in [0.15, 0.2) is 17.0 Å². The van der Waals surface area contributed by atoms with Gasteiger partial charge in [0.25, 0.3) is 0 Å². The molecule has 0 atom stereocenters. The highest BCUT2D eigenvalue weighted by atomic mass is 32.1. The summed E-state index contributed by atoms with van der Waals surface area (Å²) in [4.78, 5) is 17.4. The molecular formula is C23H37BN2O4S. The number of benzene rings is 1. The number of amides is 1. The minimum Gasteiger partial charge on any atom is -0.444 e. The lowest BCUT2D eigenvalue weighted by Gasteiger charge is -2.36. The Morgan fingerprint density at radius 1 is 1.10 bits per heavy atom. The molecule has 2 saturated heterocycles. The maximum absolute atomic E-state index is 12.3. The van der Waals surface area contributed by atoms with Crippen LogP contribution >= 0.6 is 12.6 Å². The molecule has 6 nitrogen and oxygen atoms in total. The minimum absolute atomic E-state index is 0.233. The first kappa shape index (κ1) is 24.4. The van der Waals surface area contributed by atoms with Crippen LogP contribution in [0.3, 0.4) is 0 Å². The van der Waals surface area contributed by atoms with E-state index in [4.69, 9.17) is 26.7 Å². The van der Waals surface area contributed by atoms with Gasteiger partial charge in [-0.05, 0) is 78.0 Å². The van der Waals surface area contributed by atoms with Gasteiger partial charge in [0.1, 0.15) is 5.60 Å². The lowest BCUT2D eigenvalue weighted by atomic mass is 9.77. The van der Waals surface area contributed by atoms with Crippen LogP contribution < -0.4 is 5.46 Å². The van der Waals surface area contributed by atoms with Crippen molar-refractivity contribution >= 4 is 31.3 Å². The summed E-state index contributed by atoms with van der Waals surface area (Å²) in [6, 6.07) is 4.22. The predicted molar refractivity (Wildman–Crippen MR) is 127 cm³/mol. The van der Waals surface area contributed by atoms with Crippen LogP contribution in [-0.4, -0.2) is 66.0 Å². The van der Waals surface area contributed by atoms with Gasteiger partial charge in [-0.3, -0.25) is 4.90 Å². The third kappa shape index (κ3) is 5.59. The highest BCUT2D eigenvalue weighted by Gasteiger charge is 2.51. The van der Waals surface area contributed by atoms with E-state index < -0.39 is 12.7 Å². The fourth-order valence-electron chi connectivity index (χ4n) is 3.72. The number of ether oxygens (including phenoxy) is 1. The first-order valence-corrected chi connectivity index (χ1v) is 11.5. The first-order valence-electron chi connectivity index (χ1n) is 11.1. The number of piperazine rings is 1. The molecule has 2 aliphatic rings. The molecule has 0 radical (unpaired) electrons. The van der Waals surface area contributed by atoms with E-state index in [1.165, 1.54) is 5.56 Å². The lowest BCUT2D eigenvalue weighted by molar-refractivity contribution is 0.00578. The SMILES string of the molecule is Cc1c(S)cc(B2OC(C)(C)C(C)(C)O2)cc1CN1CCN(C(=O)OC(C)(C)C)CC1. The van der Waals surface area contributed by atoms with Crippen molar-refractivity contribution in [2.75, 3.05) is 26.2 Å². The molecule has 0 aromatic heterocycles. The molecule has 0 spiro atoms. The highest BCUT2D eigenvalue weighted by Crippen LogP contribution is 2.36.